The number of allylic oxidation sites excluding steroid dienone is 1. The minimum atomic E-state index is -0.0535. The summed E-state index contributed by atoms with van der Waals surface area (Å²) in [7, 11) is 3.80. The first-order valence-corrected chi connectivity index (χ1v) is 8.94. The lowest BCUT2D eigenvalue weighted by molar-refractivity contribution is 0.0953. The van der Waals surface area contributed by atoms with Crippen LogP contribution in [-0.2, 0) is 0 Å². The Hall–Kier alpha value is -1.09. The van der Waals surface area contributed by atoms with Gasteiger partial charge >= 0.3 is 0 Å². The maximum atomic E-state index is 12.0. The van der Waals surface area contributed by atoms with Crippen LogP contribution in [0.25, 0.3) is 0 Å². The van der Waals surface area contributed by atoms with Crippen molar-refractivity contribution < 1.29 is 4.79 Å². The number of unbranched alkanes of at least 4 members (excludes halogenated alkanes) is 1. The molecule has 25 heavy (non-hydrogen) atoms. The second-order valence-electron chi connectivity index (χ2n) is 5.45. The predicted molar refractivity (Wildman–Crippen MR) is 120 cm³/mol. The van der Waals surface area contributed by atoms with Gasteiger partial charge in [0.25, 0.3) is 5.91 Å². The maximum Gasteiger partial charge on any atom is 0.251 e. The number of guanidine groups is 1. The molecule has 140 valence electrons. The smallest absolute Gasteiger partial charge is 0.251 e. The fraction of sp³-hybridized carbons (Fsp3) is 0.444. The van der Waals surface area contributed by atoms with Gasteiger partial charge in [-0.05, 0) is 37.5 Å². The quantitative estimate of drug-likeness (QED) is 0.171. The van der Waals surface area contributed by atoms with E-state index in [2.05, 4.69) is 43.0 Å². The molecule has 0 bridgehead atoms. The Bertz CT molecular complexity index is 566. The summed E-state index contributed by atoms with van der Waals surface area (Å²) in [5.41, 5.74) is 0.662. The SMILES string of the molecule is C=CCCCN(C)C(=NC)NCCCNC(=O)c1cccc(Br)c1.I. The number of nitrogens with one attached hydrogen (secondary N) is 2. The first-order chi connectivity index (χ1) is 11.6. The van der Waals surface area contributed by atoms with Gasteiger partial charge in [-0.2, -0.15) is 0 Å². The van der Waals surface area contributed by atoms with Crippen molar-refractivity contribution >= 4 is 51.8 Å². The van der Waals surface area contributed by atoms with E-state index in [1.54, 1.807) is 13.1 Å². The Balaban J connectivity index is 0.00000576. The molecule has 0 spiro atoms. The van der Waals surface area contributed by atoms with Crippen molar-refractivity contribution in [2.24, 2.45) is 4.99 Å². The topological polar surface area (TPSA) is 56.7 Å². The lowest BCUT2D eigenvalue weighted by Gasteiger charge is -2.21. The molecule has 0 heterocycles. The number of hydrogen-bond acceptors (Lipinski definition) is 2. The van der Waals surface area contributed by atoms with Gasteiger partial charge in [-0.25, -0.2) is 0 Å². The Kier molecular flexibility index (Phi) is 13.5. The summed E-state index contributed by atoms with van der Waals surface area (Å²) in [6, 6.07) is 7.37. The lowest BCUT2D eigenvalue weighted by Crippen LogP contribution is -2.40. The van der Waals surface area contributed by atoms with Crippen LogP contribution in [0.5, 0.6) is 0 Å². The first kappa shape index (κ1) is 23.9. The maximum absolute atomic E-state index is 12.0. The first-order valence-electron chi connectivity index (χ1n) is 8.15. The van der Waals surface area contributed by atoms with E-state index in [1.807, 2.05) is 31.3 Å². The van der Waals surface area contributed by atoms with Crippen LogP contribution in [0.1, 0.15) is 29.6 Å². The van der Waals surface area contributed by atoms with Crippen LogP contribution in [0.15, 0.2) is 46.4 Å². The van der Waals surface area contributed by atoms with Gasteiger partial charge in [0.1, 0.15) is 0 Å². The largest absolute Gasteiger partial charge is 0.356 e. The average molecular weight is 523 g/mol. The number of amides is 1. The van der Waals surface area contributed by atoms with Crippen molar-refractivity contribution in [1.82, 2.24) is 15.5 Å². The van der Waals surface area contributed by atoms with Crippen LogP contribution >= 0.6 is 39.9 Å². The predicted octanol–water partition coefficient (Wildman–Crippen LogP) is 3.66. The molecule has 0 aromatic heterocycles. The third kappa shape index (κ3) is 9.84. The van der Waals surface area contributed by atoms with Crippen LogP contribution in [0.3, 0.4) is 0 Å². The molecule has 1 amide bonds. The highest BCUT2D eigenvalue weighted by Gasteiger charge is 2.06. The van der Waals surface area contributed by atoms with Gasteiger partial charge in [0, 0.05) is 43.8 Å². The van der Waals surface area contributed by atoms with E-state index in [9.17, 15) is 4.79 Å². The van der Waals surface area contributed by atoms with E-state index in [1.165, 1.54) is 0 Å². The molecule has 2 N–H and O–H groups in total. The highest BCUT2D eigenvalue weighted by Crippen LogP contribution is 2.11. The molecule has 0 aliphatic carbocycles. The molecule has 0 atom stereocenters. The number of carbonyl (C=O) groups excluding carboxylic acids is 1. The molecule has 0 radical (unpaired) electrons. The molecular weight excluding hydrogens is 495 g/mol. The van der Waals surface area contributed by atoms with Gasteiger partial charge in [0.15, 0.2) is 5.96 Å². The summed E-state index contributed by atoms with van der Waals surface area (Å²) in [5, 5.41) is 6.23. The van der Waals surface area contributed by atoms with Crippen LogP contribution in [0, 0.1) is 0 Å². The zero-order valence-electron chi connectivity index (χ0n) is 14.9. The summed E-state index contributed by atoms with van der Waals surface area (Å²) in [6.45, 7) is 6.05. The molecule has 1 aromatic carbocycles. The Labute approximate surface area is 176 Å². The molecule has 0 aliphatic rings. The van der Waals surface area contributed by atoms with Crippen molar-refractivity contribution in [3.63, 3.8) is 0 Å². The van der Waals surface area contributed by atoms with Gasteiger partial charge in [0.2, 0.25) is 0 Å². The molecule has 0 unspecified atom stereocenters. The number of benzene rings is 1. The standard InChI is InChI=1S/C18H27BrN4O.HI/c1-4-5-6-13-23(3)18(20-2)22-12-8-11-21-17(24)15-9-7-10-16(19)14-15;/h4,7,9-10,14H,1,5-6,8,11-13H2,2-3H3,(H,20,22)(H,21,24);1H. The molecule has 0 saturated heterocycles. The average Bonchev–Trinajstić information content (AvgIpc) is 2.58. The van der Waals surface area contributed by atoms with E-state index in [-0.39, 0.29) is 29.9 Å². The van der Waals surface area contributed by atoms with Gasteiger partial charge in [-0.3, -0.25) is 9.79 Å². The third-order valence-electron chi connectivity index (χ3n) is 3.48. The molecule has 5 nitrogen and oxygen atoms in total. The van der Waals surface area contributed by atoms with E-state index in [0.717, 1.165) is 42.8 Å². The zero-order chi connectivity index (χ0) is 17.8. The number of halogens is 2. The summed E-state index contributed by atoms with van der Waals surface area (Å²) in [4.78, 5) is 18.4. The third-order valence-corrected chi connectivity index (χ3v) is 3.98. The molecule has 1 rings (SSSR count). The number of hydrogen-bond donors (Lipinski definition) is 2. The zero-order valence-corrected chi connectivity index (χ0v) is 18.8. The minimum absolute atomic E-state index is 0. The summed E-state index contributed by atoms with van der Waals surface area (Å²) < 4.78 is 0.903. The second kappa shape index (κ2) is 14.1. The monoisotopic (exact) mass is 522 g/mol. The number of rotatable bonds is 9. The second-order valence-corrected chi connectivity index (χ2v) is 6.36. The van der Waals surface area contributed by atoms with Crippen LogP contribution in [0.2, 0.25) is 0 Å². The van der Waals surface area contributed by atoms with Crippen molar-refractivity contribution in [3.8, 4) is 0 Å². The van der Waals surface area contributed by atoms with Crippen LogP contribution in [-0.4, -0.2) is 50.5 Å². The fourth-order valence-corrected chi connectivity index (χ4v) is 2.58. The molecule has 0 saturated carbocycles. The normalized spacial score (nSPS) is 10.6. The number of nitrogens with zero attached hydrogens (tertiary/aromatic N) is 2. The fourth-order valence-electron chi connectivity index (χ4n) is 2.19. The van der Waals surface area contributed by atoms with Gasteiger partial charge in [-0.1, -0.05) is 28.1 Å². The molecule has 0 aliphatic heterocycles. The van der Waals surface area contributed by atoms with E-state index in [4.69, 9.17) is 0 Å². The van der Waals surface area contributed by atoms with Crippen molar-refractivity contribution in [2.45, 2.75) is 19.3 Å². The molecule has 7 heteroatoms. The molecular formula is C18H28BrIN4O. The summed E-state index contributed by atoms with van der Waals surface area (Å²) >= 11 is 3.37. The molecule has 1 aromatic rings. The minimum Gasteiger partial charge on any atom is -0.356 e. The van der Waals surface area contributed by atoms with Crippen molar-refractivity contribution in [1.29, 1.82) is 0 Å². The van der Waals surface area contributed by atoms with E-state index < -0.39 is 0 Å². The van der Waals surface area contributed by atoms with Crippen LogP contribution in [0.4, 0.5) is 0 Å². The highest BCUT2D eigenvalue weighted by atomic mass is 127. The Morgan fingerprint density at radius 3 is 2.68 bits per heavy atom. The highest BCUT2D eigenvalue weighted by molar-refractivity contribution is 14.0. The van der Waals surface area contributed by atoms with Crippen molar-refractivity contribution in [2.75, 3.05) is 33.7 Å². The van der Waals surface area contributed by atoms with Gasteiger partial charge < -0.3 is 15.5 Å². The van der Waals surface area contributed by atoms with E-state index in [0.29, 0.717) is 12.1 Å². The Morgan fingerprint density at radius 2 is 2.04 bits per heavy atom. The Morgan fingerprint density at radius 1 is 1.32 bits per heavy atom. The van der Waals surface area contributed by atoms with E-state index >= 15 is 0 Å². The number of carbonyl (C=O) groups is 1. The lowest BCUT2D eigenvalue weighted by atomic mass is 10.2. The summed E-state index contributed by atoms with van der Waals surface area (Å²) in [5.74, 6) is 0.819. The van der Waals surface area contributed by atoms with Crippen molar-refractivity contribution in [3.05, 3.63) is 47.0 Å². The van der Waals surface area contributed by atoms with Gasteiger partial charge in [-0.15, -0.1) is 30.6 Å². The van der Waals surface area contributed by atoms with Crippen LogP contribution < -0.4 is 10.6 Å². The van der Waals surface area contributed by atoms with Gasteiger partial charge in [0.05, 0.1) is 0 Å². The molecule has 0 fully saturated rings. The summed E-state index contributed by atoms with van der Waals surface area (Å²) in [6.07, 6.45) is 4.82. The number of aliphatic imine (C=N–C) groups is 1.